The highest BCUT2D eigenvalue weighted by Gasteiger charge is 2.23. The van der Waals surface area contributed by atoms with Gasteiger partial charge in [0, 0.05) is 30.9 Å². The van der Waals surface area contributed by atoms with Crippen molar-refractivity contribution in [1.82, 2.24) is 14.5 Å². The molecule has 0 saturated heterocycles. The predicted molar refractivity (Wildman–Crippen MR) is 67.5 cm³/mol. The van der Waals surface area contributed by atoms with Gasteiger partial charge in [-0.3, -0.25) is 4.98 Å². The molecule has 3 rings (SSSR count). The van der Waals surface area contributed by atoms with Gasteiger partial charge in [0.1, 0.15) is 10.4 Å². The molecule has 17 heavy (non-hydrogen) atoms. The average Bonchev–Trinajstić information content (AvgIpc) is 2.68. The third kappa shape index (κ3) is 1.89. The van der Waals surface area contributed by atoms with Crippen molar-refractivity contribution >= 4 is 15.9 Å². The summed E-state index contributed by atoms with van der Waals surface area (Å²) in [4.78, 5) is 8.64. The van der Waals surface area contributed by atoms with Crippen LogP contribution >= 0.6 is 15.9 Å². The summed E-state index contributed by atoms with van der Waals surface area (Å²) in [6, 6.07) is 3.91. The molecule has 0 radical (unpaired) electrons. The third-order valence-electron chi connectivity index (χ3n) is 3.06. The van der Waals surface area contributed by atoms with E-state index >= 15 is 0 Å². The number of imidazole rings is 1. The van der Waals surface area contributed by atoms with Gasteiger partial charge >= 0.3 is 0 Å². The Morgan fingerprint density at radius 3 is 3.12 bits per heavy atom. The number of fused-ring (bicyclic) bond motifs is 1. The van der Waals surface area contributed by atoms with E-state index in [9.17, 15) is 5.11 Å². The molecular formula is C12H12BrN3O. The molecule has 0 fully saturated rings. The van der Waals surface area contributed by atoms with Crippen LogP contribution in [0.1, 0.15) is 12.1 Å². The highest BCUT2D eigenvalue weighted by atomic mass is 79.9. The summed E-state index contributed by atoms with van der Waals surface area (Å²) in [7, 11) is 0. The smallest absolute Gasteiger partial charge is 0.143 e. The summed E-state index contributed by atoms with van der Waals surface area (Å²) in [5, 5.41) is 9.69. The summed E-state index contributed by atoms with van der Waals surface area (Å²) < 4.78 is 2.99. The fourth-order valence-electron chi connectivity index (χ4n) is 2.21. The lowest BCUT2D eigenvalue weighted by molar-refractivity contribution is 0.143. The number of rotatable bonds is 1. The lowest BCUT2D eigenvalue weighted by Gasteiger charge is -2.21. The standard InChI is InChI=1S/C12H12BrN3O/c13-11-10-6-9(17)3-5-16(10)12(15-11)8-2-1-4-14-7-8/h1-2,4,7,9,17H,3,5-6H2. The Hall–Kier alpha value is -1.20. The zero-order valence-electron chi connectivity index (χ0n) is 9.17. The molecule has 0 spiro atoms. The average molecular weight is 294 g/mol. The van der Waals surface area contributed by atoms with E-state index in [-0.39, 0.29) is 6.10 Å². The maximum atomic E-state index is 9.69. The number of aliphatic hydroxyl groups is 1. The SMILES string of the molecule is OC1CCn2c(-c3cccnc3)nc(Br)c2C1. The number of halogens is 1. The highest BCUT2D eigenvalue weighted by molar-refractivity contribution is 9.10. The van der Waals surface area contributed by atoms with E-state index in [1.807, 2.05) is 18.3 Å². The zero-order valence-corrected chi connectivity index (χ0v) is 10.8. The number of hydrogen-bond acceptors (Lipinski definition) is 3. The van der Waals surface area contributed by atoms with E-state index in [2.05, 4.69) is 30.5 Å². The maximum Gasteiger partial charge on any atom is 0.143 e. The topological polar surface area (TPSA) is 50.9 Å². The first kappa shape index (κ1) is 10.9. The summed E-state index contributed by atoms with van der Waals surface area (Å²) in [6.45, 7) is 0.805. The minimum atomic E-state index is -0.253. The normalized spacial score (nSPS) is 19.1. The van der Waals surface area contributed by atoms with Crippen LogP contribution in [-0.2, 0) is 13.0 Å². The monoisotopic (exact) mass is 293 g/mol. The Morgan fingerprint density at radius 2 is 2.35 bits per heavy atom. The Morgan fingerprint density at radius 1 is 1.47 bits per heavy atom. The molecular weight excluding hydrogens is 282 g/mol. The van der Waals surface area contributed by atoms with Crippen molar-refractivity contribution in [3.8, 4) is 11.4 Å². The van der Waals surface area contributed by atoms with Crippen molar-refractivity contribution in [1.29, 1.82) is 0 Å². The van der Waals surface area contributed by atoms with E-state index in [0.717, 1.165) is 34.7 Å². The summed E-state index contributed by atoms with van der Waals surface area (Å²) in [5.41, 5.74) is 2.08. The van der Waals surface area contributed by atoms with Gasteiger partial charge in [-0.1, -0.05) is 0 Å². The van der Waals surface area contributed by atoms with Crippen LogP contribution < -0.4 is 0 Å². The van der Waals surface area contributed by atoms with Gasteiger partial charge in [0.05, 0.1) is 11.8 Å². The van der Waals surface area contributed by atoms with Crippen LogP contribution in [0.15, 0.2) is 29.1 Å². The van der Waals surface area contributed by atoms with Gasteiger partial charge in [0.15, 0.2) is 0 Å². The van der Waals surface area contributed by atoms with Crippen molar-refractivity contribution in [3.63, 3.8) is 0 Å². The second-order valence-corrected chi connectivity index (χ2v) is 4.96. The molecule has 1 atom stereocenters. The molecule has 0 aliphatic carbocycles. The second kappa shape index (κ2) is 4.23. The van der Waals surface area contributed by atoms with Gasteiger partial charge in [0.25, 0.3) is 0 Å². The maximum absolute atomic E-state index is 9.69. The van der Waals surface area contributed by atoms with E-state index in [1.54, 1.807) is 6.20 Å². The molecule has 0 amide bonds. The molecule has 1 N–H and O–H groups in total. The Bertz CT molecular complexity index is 538. The Kier molecular flexibility index (Phi) is 2.72. The first-order chi connectivity index (χ1) is 8.25. The van der Waals surface area contributed by atoms with E-state index in [0.29, 0.717) is 6.42 Å². The molecule has 5 heteroatoms. The summed E-state index contributed by atoms with van der Waals surface area (Å²) in [6.07, 6.45) is 4.75. The van der Waals surface area contributed by atoms with Crippen molar-refractivity contribution in [2.75, 3.05) is 0 Å². The fourth-order valence-corrected chi connectivity index (χ4v) is 2.75. The molecule has 88 valence electrons. The molecule has 0 bridgehead atoms. The predicted octanol–water partition coefficient (Wildman–Crippen LogP) is 2.01. The lowest BCUT2D eigenvalue weighted by Crippen LogP contribution is -2.23. The molecule has 0 saturated carbocycles. The molecule has 3 heterocycles. The molecule has 1 aliphatic heterocycles. The van der Waals surface area contributed by atoms with Crippen LogP contribution in [0.5, 0.6) is 0 Å². The summed E-state index contributed by atoms with van der Waals surface area (Å²) >= 11 is 3.46. The van der Waals surface area contributed by atoms with E-state index < -0.39 is 0 Å². The molecule has 2 aromatic heterocycles. The minimum absolute atomic E-state index is 0.253. The third-order valence-corrected chi connectivity index (χ3v) is 3.69. The molecule has 4 nitrogen and oxygen atoms in total. The highest BCUT2D eigenvalue weighted by Crippen LogP contribution is 2.29. The number of hydrogen-bond donors (Lipinski definition) is 1. The van der Waals surface area contributed by atoms with Crippen molar-refractivity contribution < 1.29 is 5.11 Å². The van der Waals surface area contributed by atoms with Gasteiger partial charge < -0.3 is 9.67 Å². The molecule has 1 aliphatic rings. The first-order valence-corrected chi connectivity index (χ1v) is 6.38. The van der Waals surface area contributed by atoms with Gasteiger partial charge in [-0.2, -0.15) is 0 Å². The molecule has 0 aromatic carbocycles. The van der Waals surface area contributed by atoms with Crippen molar-refractivity contribution in [2.24, 2.45) is 0 Å². The van der Waals surface area contributed by atoms with Gasteiger partial charge in [-0.25, -0.2) is 4.98 Å². The Balaban J connectivity index is 2.11. The van der Waals surface area contributed by atoms with E-state index in [4.69, 9.17) is 0 Å². The molecule has 2 aromatic rings. The van der Waals surface area contributed by atoms with Crippen LogP contribution in [0.4, 0.5) is 0 Å². The second-order valence-electron chi connectivity index (χ2n) is 4.21. The van der Waals surface area contributed by atoms with Crippen LogP contribution in [0.3, 0.4) is 0 Å². The number of nitrogens with zero attached hydrogens (tertiary/aromatic N) is 3. The van der Waals surface area contributed by atoms with Crippen molar-refractivity contribution in [2.45, 2.75) is 25.5 Å². The van der Waals surface area contributed by atoms with Crippen LogP contribution in [0, 0.1) is 0 Å². The number of aromatic nitrogens is 3. The minimum Gasteiger partial charge on any atom is -0.393 e. The fraction of sp³-hybridized carbons (Fsp3) is 0.333. The Labute approximate surface area is 107 Å². The van der Waals surface area contributed by atoms with Crippen LogP contribution in [0.2, 0.25) is 0 Å². The van der Waals surface area contributed by atoms with Crippen LogP contribution in [0.25, 0.3) is 11.4 Å². The molecule has 1 unspecified atom stereocenters. The number of pyridine rings is 1. The first-order valence-electron chi connectivity index (χ1n) is 5.59. The van der Waals surface area contributed by atoms with Crippen molar-refractivity contribution in [3.05, 3.63) is 34.8 Å². The summed E-state index contributed by atoms with van der Waals surface area (Å²) in [5.74, 6) is 0.923. The zero-order chi connectivity index (χ0) is 11.8. The van der Waals surface area contributed by atoms with Crippen LogP contribution in [-0.4, -0.2) is 25.7 Å². The largest absolute Gasteiger partial charge is 0.393 e. The van der Waals surface area contributed by atoms with Gasteiger partial charge in [-0.15, -0.1) is 0 Å². The van der Waals surface area contributed by atoms with E-state index in [1.165, 1.54) is 0 Å². The number of aliphatic hydroxyl groups excluding tert-OH is 1. The van der Waals surface area contributed by atoms with Gasteiger partial charge in [-0.05, 0) is 34.5 Å². The lowest BCUT2D eigenvalue weighted by atomic mass is 10.1. The quantitative estimate of drug-likeness (QED) is 0.875. The van der Waals surface area contributed by atoms with Gasteiger partial charge in [0.2, 0.25) is 0 Å².